The van der Waals surface area contributed by atoms with Crippen LogP contribution in [0.15, 0.2) is 21.3 Å². The number of hydrogen-bond acceptors (Lipinski definition) is 4. The Morgan fingerprint density at radius 2 is 1.77 bits per heavy atom. The summed E-state index contributed by atoms with van der Waals surface area (Å²) in [5.74, 6) is 0.184. The van der Waals surface area contributed by atoms with Crippen LogP contribution >= 0.6 is 23.1 Å². The lowest BCUT2D eigenvalue weighted by molar-refractivity contribution is -0.124. The zero-order chi connectivity index (χ0) is 17.9. The highest BCUT2D eigenvalue weighted by Crippen LogP contribution is 2.39. The maximum atomic E-state index is 13.3. The number of aryl methyl sites for hydroxylation is 1. The Hall–Kier alpha value is -1.07. The molecule has 1 saturated heterocycles. The van der Waals surface area contributed by atoms with Crippen molar-refractivity contribution in [1.29, 1.82) is 0 Å². The van der Waals surface area contributed by atoms with Crippen LogP contribution in [0.4, 0.5) is 0 Å². The van der Waals surface area contributed by atoms with Gasteiger partial charge in [-0.3, -0.25) is 14.7 Å². The predicted octanol–water partition coefficient (Wildman–Crippen LogP) is 5.99. The summed E-state index contributed by atoms with van der Waals surface area (Å²) in [7, 11) is 0. The van der Waals surface area contributed by atoms with E-state index in [1.165, 1.54) is 61.8 Å². The quantitative estimate of drug-likeness (QED) is 0.595. The molecule has 1 amide bonds. The molecule has 140 valence electrons. The summed E-state index contributed by atoms with van der Waals surface area (Å²) in [6.45, 7) is 2.11. The average Bonchev–Trinajstić information content (AvgIpc) is 3.20. The third-order valence-electron chi connectivity index (χ3n) is 5.81. The van der Waals surface area contributed by atoms with E-state index in [2.05, 4.69) is 29.3 Å². The van der Waals surface area contributed by atoms with Gasteiger partial charge in [-0.2, -0.15) is 0 Å². The highest BCUT2D eigenvalue weighted by molar-refractivity contribution is 8.18. The van der Waals surface area contributed by atoms with Crippen LogP contribution in [0.3, 0.4) is 0 Å². The predicted molar refractivity (Wildman–Crippen MR) is 113 cm³/mol. The van der Waals surface area contributed by atoms with Gasteiger partial charge in [-0.25, -0.2) is 0 Å². The maximum absolute atomic E-state index is 13.3. The van der Waals surface area contributed by atoms with Gasteiger partial charge in [0.05, 0.1) is 10.9 Å². The third-order valence-corrected chi connectivity index (χ3v) is 7.77. The minimum Gasteiger partial charge on any atom is -0.284 e. The van der Waals surface area contributed by atoms with Gasteiger partial charge in [-0.1, -0.05) is 38.5 Å². The molecule has 3 nitrogen and oxygen atoms in total. The molecule has 1 aliphatic heterocycles. The second-order valence-electron chi connectivity index (χ2n) is 7.75. The molecule has 1 aromatic rings. The van der Waals surface area contributed by atoms with E-state index in [0.29, 0.717) is 12.1 Å². The second-order valence-corrected chi connectivity index (χ2v) is 9.71. The number of amidine groups is 1. The molecular formula is C21H28N2OS2. The van der Waals surface area contributed by atoms with Gasteiger partial charge in [-0.15, -0.1) is 11.3 Å². The molecule has 0 radical (unpaired) electrons. The molecule has 0 aromatic carbocycles. The third kappa shape index (κ3) is 3.94. The fraction of sp³-hybridized carbons (Fsp3) is 0.619. The number of hydrogen-bond donors (Lipinski definition) is 0. The second kappa shape index (κ2) is 8.30. The molecule has 2 aliphatic carbocycles. The molecule has 2 saturated carbocycles. The van der Waals surface area contributed by atoms with Crippen molar-refractivity contribution in [3.05, 3.63) is 26.8 Å². The van der Waals surface area contributed by atoms with E-state index in [0.717, 1.165) is 22.9 Å². The molecule has 2 heterocycles. The minimum atomic E-state index is 0.184. The standard InChI is InChI=1S/C21H28N2OS2/c1-15-12-13-25-18(15)14-19-20(24)23(17-10-6-3-7-11-17)21(26-19)22-16-8-4-2-5-9-16/h12-14,16-17H,2-11H2,1H3. The topological polar surface area (TPSA) is 32.7 Å². The first-order chi connectivity index (χ1) is 12.7. The van der Waals surface area contributed by atoms with E-state index < -0.39 is 0 Å². The lowest BCUT2D eigenvalue weighted by Crippen LogP contribution is -2.41. The fourth-order valence-electron chi connectivity index (χ4n) is 4.26. The molecule has 26 heavy (non-hydrogen) atoms. The van der Waals surface area contributed by atoms with Crippen LogP contribution in [0.1, 0.15) is 74.6 Å². The molecule has 3 aliphatic rings. The van der Waals surface area contributed by atoms with Crippen molar-refractivity contribution >= 4 is 40.2 Å². The van der Waals surface area contributed by atoms with E-state index in [1.54, 1.807) is 23.1 Å². The molecule has 0 spiro atoms. The van der Waals surface area contributed by atoms with Crippen molar-refractivity contribution in [2.75, 3.05) is 0 Å². The molecule has 3 fully saturated rings. The number of nitrogens with zero attached hydrogens (tertiary/aromatic N) is 2. The Kier molecular flexibility index (Phi) is 5.84. The van der Waals surface area contributed by atoms with Crippen LogP contribution in [-0.2, 0) is 4.79 Å². The number of rotatable bonds is 3. The van der Waals surface area contributed by atoms with Gasteiger partial charge >= 0.3 is 0 Å². The van der Waals surface area contributed by atoms with Crippen molar-refractivity contribution in [2.24, 2.45) is 4.99 Å². The van der Waals surface area contributed by atoms with Gasteiger partial charge in [0.15, 0.2) is 5.17 Å². The van der Waals surface area contributed by atoms with E-state index >= 15 is 0 Å². The fourth-order valence-corrected chi connectivity index (χ4v) is 6.28. The van der Waals surface area contributed by atoms with Gasteiger partial charge < -0.3 is 0 Å². The van der Waals surface area contributed by atoms with Crippen molar-refractivity contribution in [3.8, 4) is 0 Å². The van der Waals surface area contributed by atoms with E-state index in [-0.39, 0.29) is 5.91 Å². The zero-order valence-corrected chi connectivity index (χ0v) is 17.2. The van der Waals surface area contributed by atoms with Crippen molar-refractivity contribution in [1.82, 2.24) is 4.90 Å². The normalized spacial score (nSPS) is 26.3. The monoisotopic (exact) mass is 388 g/mol. The molecule has 5 heteroatoms. The van der Waals surface area contributed by atoms with Crippen LogP contribution in [0.5, 0.6) is 0 Å². The zero-order valence-electron chi connectivity index (χ0n) is 15.6. The summed E-state index contributed by atoms with van der Waals surface area (Å²) in [5, 5.41) is 3.08. The van der Waals surface area contributed by atoms with Crippen molar-refractivity contribution in [3.63, 3.8) is 0 Å². The highest BCUT2D eigenvalue weighted by Gasteiger charge is 2.39. The Bertz CT molecular complexity index is 709. The molecule has 4 rings (SSSR count). The average molecular weight is 389 g/mol. The molecule has 1 aromatic heterocycles. The lowest BCUT2D eigenvalue weighted by atomic mass is 9.94. The minimum absolute atomic E-state index is 0.184. The number of thiophene rings is 1. The largest absolute Gasteiger partial charge is 0.284 e. The van der Waals surface area contributed by atoms with Gasteiger partial charge in [0.25, 0.3) is 5.91 Å². The molecule has 0 unspecified atom stereocenters. The molecule has 0 atom stereocenters. The first kappa shape index (κ1) is 18.3. The number of carbonyl (C=O) groups excluding carboxylic acids is 1. The van der Waals surface area contributed by atoms with Crippen LogP contribution in [0.2, 0.25) is 0 Å². The molecule has 0 N–H and O–H groups in total. The van der Waals surface area contributed by atoms with Gasteiger partial charge in [-0.05, 0) is 67.5 Å². The number of thioether (sulfide) groups is 1. The Morgan fingerprint density at radius 1 is 1.08 bits per heavy atom. The van der Waals surface area contributed by atoms with E-state index in [9.17, 15) is 4.79 Å². The van der Waals surface area contributed by atoms with E-state index in [4.69, 9.17) is 4.99 Å². The smallest absolute Gasteiger partial charge is 0.267 e. The number of aliphatic imine (C=N–C) groups is 1. The Labute approximate surface area is 165 Å². The van der Waals surface area contributed by atoms with E-state index in [1.807, 2.05) is 0 Å². The van der Waals surface area contributed by atoms with Crippen LogP contribution in [0.25, 0.3) is 6.08 Å². The van der Waals surface area contributed by atoms with Gasteiger partial charge in [0.2, 0.25) is 0 Å². The Morgan fingerprint density at radius 3 is 2.42 bits per heavy atom. The van der Waals surface area contributed by atoms with Crippen LogP contribution in [0, 0.1) is 6.92 Å². The van der Waals surface area contributed by atoms with Crippen LogP contribution in [-0.4, -0.2) is 28.1 Å². The summed E-state index contributed by atoms with van der Waals surface area (Å²) in [4.78, 5) is 22.5. The summed E-state index contributed by atoms with van der Waals surface area (Å²) in [6, 6.07) is 2.88. The van der Waals surface area contributed by atoms with Crippen molar-refractivity contribution < 1.29 is 4.79 Å². The highest BCUT2D eigenvalue weighted by atomic mass is 32.2. The summed E-state index contributed by atoms with van der Waals surface area (Å²) in [6.07, 6.45) is 14.4. The maximum Gasteiger partial charge on any atom is 0.267 e. The first-order valence-electron chi connectivity index (χ1n) is 10.1. The summed E-state index contributed by atoms with van der Waals surface area (Å²) >= 11 is 3.33. The summed E-state index contributed by atoms with van der Waals surface area (Å²) in [5.41, 5.74) is 1.25. The van der Waals surface area contributed by atoms with Gasteiger partial charge in [0, 0.05) is 10.9 Å². The molecular weight excluding hydrogens is 360 g/mol. The molecule has 0 bridgehead atoms. The lowest BCUT2D eigenvalue weighted by Gasteiger charge is -2.31. The van der Waals surface area contributed by atoms with Crippen molar-refractivity contribution in [2.45, 2.75) is 83.2 Å². The SMILES string of the molecule is Cc1ccsc1C=C1SC(=NC2CCCCC2)N(C2CCCCC2)C1=O. The first-order valence-corrected chi connectivity index (χ1v) is 11.8. The van der Waals surface area contributed by atoms with Gasteiger partial charge in [0.1, 0.15) is 0 Å². The van der Waals surface area contributed by atoms with Crippen LogP contribution < -0.4 is 0 Å². The Balaban J connectivity index is 1.63. The summed E-state index contributed by atoms with van der Waals surface area (Å²) < 4.78 is 0. The number of amides is 1. The number of carbonyl (C=O) groups is 1.